The van der Waals surface area contributed by atoms with Crippen LogP contribution in [0.15, 0.2) is 24.3 Å². The van der Waals surface area contributed by atoms with Crippen LogP contribution in [0.5, 0.6) is 0 Å². The van der Waals surface area contributed by atoms with E-state index in [1.165, 1.54) is 0 Å². The van der Waals surface area contributed by atoms with Gasteiger partial charge in [0.25, 0.3) is 0 Å². The van der Waals surface area contributed by atoms with Gasteiger partial charge >= 0.3 is 0 Å². The third-order valence-electron chi connectivity index (χ3n) is 2.06. The topological polar surface area (TPSA) is 13.6 Å². The van der Waals surface area contributed by atoms with Crippen LogP contribution in [0, 0.1) is 6.57 Å². The normalized spacial score (nSPS) is 11.3. The number of benzene rings is 1. The third-order valence-corrected chi connectivity index (χ3v) is 2.06. The highest BCUT2D eigenvalue weighted by atomic mass is 127. The van der Waals surface area contributed by atoms with Crippen LogP contribution in [-0.4, -0.2) is 6.61 Å². The minimum atomic E-state index is 0. The molecule has 0 aliphatic rings. The van der Waals surface area contributed by atoms with Crippen LogP contribution in [0.2, 0.25) is 0 Å². The zero-order valence-electron chi connectivity index (χ0n) is 9.06. The Morgan fingerprint density at radius 2 is 1.93 bits per heavy atom. The van der Waals surface area contributed by atoms with Crippen molar-refractivity contribution in [1.82, 2.24) is 0 Å². The fraction of sp³-hybridized carbons (Fsp3) is 0.417. The molecule has 0 saturated heterocycles. The molecule has 0 amide bonds. The van der Waals surface area contributed by atoms with Crippen LogP contribution >= 0.6 is 24.0 Å². The summed E-state index contributed by atoms with van der Waals surface area (Å²) in [7, 11) is 0. The molecule has 0 radical (unpaired) electrons. The minimum Gasteiger partial charge on any atom is -0.374 e. The summed E-state index contributed by atoms with van der Waals surface area (Å²) >= 11 is 0. The molecule has 0 heterocycles. The Balaban J connectivity index is 0.00000196. The van der Waals surface area contributed by atoms with Crippen LogP contribution in [0.25, 0.3) is 4.85 Å². The Bertz CT molecular complexity index is 315. The first-order valence-corrected chi connectivity index (χ1v) is 4.87. The van der Waals surface area contributed by atoms with Gasteiger partial charge in [0.15, 0.2) is 5.69 Å². The Morgan fingerprint density at radius 1 is 1.33 bits per heavy atom. The first-order valence-electron chi connectivity index (χ1n) is 4.87. The average Bonchev–Trinajstić information content (AvgIpc) is 2.26. The van der Waals surface area contributed by atoms with Crippen molar-refractivity contribution in [3.8, 4) is 0 Å². The summed E-state index contributed by atoms with van der Waals surface area (Å²) in [6, 6.07) is 7.56. The van der Waals surface area contributed by atoms with Crippen molar-refractivity contribution >= 4 is 29.7 Å². The molecule has 0 unspecified atom stereocenters. The number of nitrogens with zero attached hydrogens (tertiary/aromatic N) is 1. The maximum atomic E-state index is 6.83. The molecule has 0 fully saturated rings. The van der Waals surface area contributed by atoms with Gasteiger partial charge in [-0.2, -0.15) is 0 Å². The van der Waals surface area contributed by atoms with Gasteiger partial charge in [0, 0.05) is 6.61 Å². The summed E-state index contributed by atoms with van der Waals surface area (Å²) in [5.41, 5.74) is 1.81. The number of hydrogen-bond acceptors (Lipinski definition) is 1. The molecule has 0 saturated carbocycles. The van der Waals surface area contributed by atoms with Gasteiger partial charge in [-0.1, -0.05) is 31.2 Å². The molecule has 3 heteroatoms. The lowest BCUT2D eigenvalue weighted by Crippen LogP contribution is -2.00. The van der Waals surface area contributed by atoms with Gasteiger partial charge in [0.1, 0.15) is 0 Å². The molecule has 0 aromatic heterocycles. The van der Waals surface area contributed by atoms with Gasteiger partial charge in [-0.3, -0.25) is 0 Å². The molecule has 2 nitrogen and oxygen atoms in total. The van der Waals surface area contributed by atoms with E-state index in [4.69, 9.17) is 11.3 Å². The Labute approximate surface area is 108 Å². The van der Waals surface area contributed by atoms with E-state index in [2.05, 4.69) is 11.8 Å². The fourth-order valence-corrected chi connectivity index (χ4v) is 1.21. The van der Waals surface area contributed by atoms with Gasteiger partial charge in [-0.25, -0.2) is 4.85 Å². The zero-order valence-corrected chi connectivity index (χ0v) is 11.4. The quantitative estimate of drug-likeness (QED) is 0.595. The maximum Gasteiger partial charge on any atom is 0.187 e. The largest absolute Gasteiger partial charge is 0.374 e. The smallest absolute Gasteiger partial charge is 0.187 e. The lowest BCUT2D eigenvalue weighted by molar-refractivity contribution is 0.0663. The van der Waals surface area contributed by atoms with Gasteiger partial charge < -0.3 is 4.74 Å². The molecule has 82 valence electrons. The highest BCUT2D eigenvalue weighted by Gasteiger charge is 2.04. The highest BCUT2D eigenvalue weighted by molar-refractivity contribution is 14.0. The van der Waals surface area contributed by atoms with Gasteiger partial charge in [-0.15, -0.1) is 24.0 Å². The van der Waals surface area contributed by atoms with Crippen LogP contribution in [0.4, 0.5) is 5.69 Å². The van der Waals surface area contributed by atoms with E-state index in [-0.39, 0.29) is 30.1 Å². The third kappa shape index (κ3) is 4.63. The van der Waals surface area contributed by atoms with E-state index < -0.39 is 0 Å². The van der Waals surface area contributed by atoms with Crippen molar-refractivity contribution in [3.63, 3.8) is 0 Å². The molecule has 0 N–H and O–H groups in total. The Morgan fingerprint density at radius 3 is 2.40 bits per heavy atom. The van der Waals surface area contributed by atoms with E-state index in [0.717, 1.165) is 18.6 Å². The van der Waals surface area contributed by atoms with Crippen molar-refractivity contribution in [1.29, 1.82) is 0 Å². The fourth-order valence-electron chi connectivity index (χ4n) is 1.21. The molecular formula is C12H16INO. The minimum absolute atomic E-state index is 0. The summed E-state index contributed by atoms with van der Waals surface area (Å²) < 4.78 is 5.57. The lowest BCUT2D eigenvalue weighted by Gasteiger charge is -2.12. The van der Waals surface area contributed by atoms with Crippen molar-refractivity contribution in [2.75, 3.05) is 6.61 Å². The predicted molar refractivity (Wildman–Crippen MR) is 72.8 cm³/mol. The molecule has 0 bridgehead atoms. The van der Waals surface area contributed by atoms with Crippen LogP contribution < -0.4 is 0 Å². The highest BCUT2D eigenvalue weighted by Crippen LogP contribution is 2.20. The summed E-state index contributed by atoms with van der Waals surface area (Å²) in [4.78, 5) is 3.34. The standard InChI is InChI=1S/C12H15NO.HI/c1-4-9-14-10(2)11-5-7-12(13-3)8-6-11;/h5-8,10H,4,9H2,1-2H3;1H/t10-;/m0./s1. The van der Waals surface area contributed by atoms with E-state index in [0.29, 0.717) is 5.69 Å². The summed E-state index contributed by atoms with van der Waals surface area (Å²) in [6.45, 7) is 11.7. The predicted octanol–water partition coefficient (Wildman–Crippen LogP) is 4.34. The van der Waals surface area contributed by atoms with Gasteiger partial charge in [0.05, 0.1) is 12.7 Å². The molecule has 1 aromatic carbocycles. The van der Waals surface area contributed by atoms with Crippen molar-refractivity contribution in [2.24, 2.45) is 0 Å². The van der Waals surface area contributed by atoms with Crippen molar-refractivity contribution < 1.29 is 4.74 Å². The van der Waals surface area contributed by atoms with Gasteiger partial charge in [-0.05, 0) is 18.9 Å². The van der Waals surface area contributed by atoms with E-state index in [9.17, 15) is 0 Å². The second-order valence-corrected chi connectivity index (χ2v) is 3.22. The van der Waals surface area contributed by atoms with Crippen LogP contribution in [0.3, 0.4) is 0 Å². The van der Waals surface area contributed by atoms with Crippen LogP contribution in [-0.2, 0) is 4.74 Å². The second-order valence-electron chi connectivity index (χ2n) is 3.22. The van der Waals surface area contributed by atoms with E-state index in [1.54, 1.807) is 0 Å². The average molecular weight is 317 g/mol. The van der Waals surface area contributed by atoms with E-state index >= 15 is 0 Å². The lowest BCUT2D eigenvalue weighted by atomic mass is 10.1. The monoisotopic (exact) mass is 317 g/mol. The Hall–Kier alpha value is -0.600. The number of rotatable bonds is 4. The molecule has 1 atom stereocenters. The second kappa shape index (κ2) is 7.66. The molecule has 15 heavy (non-hydrogen) atoms. The molecule has 0 aliphatic carbocycles. The summed E-state index contributed by atoms with van der Waals surface area (Å²) in [5.74, 6) is 0. The van der Waals surface area contributed by atoms with E-state index in [1.807, 2.05) is 31.2 Å². The first kappa shape index (κ1) is 14.4. The number of halogens is 1. The van der Waals surface area contributed by atoms with Crippen molar-refractivity contribution in [2.45, 2.75) is 26.4 Å². The number of ether oxygens (including phenoxy) is 1. The summed E-state index contributed by atoms with van der Waals surface area (Å²) in [5, 5.41) is 0. The van der Waals surface area contributed by atoms with Crippen LogP contribution in [0.1, 0.15) is 31.9 Å². The SMILES string of the molecule is I.[C-]#[N+]c1ccc([C@H](C)OCCC)cc1. The zero-order chi connectivity index (χ0) is 10.4. The van der Waals surface area contributed by atoms with Crippen molar-refractivity contribution in [3.05, 3.63) is 41.2 Å². The molecule has 0 aliphatic heterocycles. The van der Waals surface area contributed by atoms with Gasteiger partial charge in [0.2, 0.25) is 0 Å². The maximum absolute atomic E-state index is 6.83. The molecule has 0 spiro atoms. The summed E-state index contributed by atoms with van der Waals surface area (Å²) in [6.07, 6.45) is 1.15. The molecular weight excluding hydrogens is 301 g/mol. The first-order chi connectivity index (χ1) is 6.77. The number of hydrogen-bond donors (Lipinski definition) is 0. The molecule has 1 rings (SSSR count). The molecule has 1 aromatic rings. The Kier molecular flexibility index (Phi) is 7.35.